The summed E-state index contributed by atoms with van der Waals surface area (Å²) in [4.78, 5) is 4.34. The number of halogens is 1. The van der Waals surface area contributed by atoms with Crippen molar-refractivity contribution in [3.05, 3.63) is 18.2 Å². The topological polar surface area (TPSA) is 17.8 Å². The Labute approximate surface area is 100 Å². The van der Waals surface area contributed by atoms with Gasteiger partial charge in [0.25, 0.3) is 0 Å². The second-order valence-electron chi connectivity index (χ2n) is 5.27. The van der Waals surface area contributed by atoms with E-state index in [1.54, 1.807) is 0 Å². The highest BCUT2D eigenvalue weighted by molar-refractivity contribution is 9.08. The molecule has 1 heterocycles. The van der Waals surface area contributed by atoms with E-state index in [2.05, 4.69) is 45.5 Å². The standard InChI is InChI=1S/C12H19BrN2/c1-12(2)5-3-4-10(12)7-15-8-11(6-13)14-9-15/h8-10H,3-7H2,1-2H3. The van der Waals surface area contributed by atoms with Crippen LogP contribution in [0, 0.1) is 11.3 Å². The minimum Gasteiger partial charge on any atom is -0.337 e. The predicted molar refractivity (Wildman–Crippen MR) is 66.0 cm³/mol. The molecule has 1 aliphatic carbocycles. The minimum absolute atomic E-state index is 0.513. The third kappa shape index (κ3) is 2.44. The van der Waals surface area contributed by atoms with Crippen LogP contribution in [0.1, 0.15) is 38.8 Å². The first-order valence-corrected chi connectivity index (χ1v) is 6.80. The summed E-state index contributed by atoms with van der Waals surface area (Å²) in [7, 11) is 0. The molecular weight excluding hydrogens is 252 g/mol. The molecule has 0 bridgehead atoms. The van der Waals surface area contributed by atoms with Crippen LogP contribution < -0.4 is 0 Å². The van der Waals surface area contributed by atoms with Crippen molar-refractivity contribution >= 4 is 15.9 Å². The van der Waals surface area contributed by atoms with Crippen molar-refractivity contribution in [2.45, 2.75) is 45.0 Å². The highest BCUT2D eigenvalue weighted by atomic mass is 79.9. The summed E-state index contributed by atoms with van der Waals surface area (Å²) in [6, 6.07) is 0. The molecule has 1 saturated carbocycles. The van der Waals surface area contributed by atoms with Gasteiger partial charge in [-0.25, -0.2) is 4.98 Å². The van der Waals surface area contributed by atoms with Crippen LogP contribution in [0.5, 0.6) is 0 Å². The molecule has 2 rings (SSSR count). The van der Waals surface area contributed by atoms with Crippen LogP contribution >= 0.6 is 15.9 Å². The first-order valence-electron chi connectivity index (χ1n) is 5.68. The lowest BCUT2D eigenvalue weighted by Crippen LogP contribution is -2.21. The van der Waals surface area contributed by atoms with Gasteiger partial charge >= 0.3 is 0 Å². The van der Waals surface area contributed by atoms with Gasteiger partial charge in [0.1, 0.15) is 0 Å². The monoisotopic (exact) mass is 270 g/mol. The molecule has 1 aliphatic rings. The van der Waals surface area contributed by atoms with Crippen LogP contribution in [-0.4, -0.2) is 9.55 Å². The third-order valence-corrected chi connectivity index (χ3v) is 4.31. The molecule has 0 spiro atoms. The lowest BCUT2D eigenvalue weighted by Gasteiger charge is -2.27. The number of rotatable bonds is 3. The van der Waals surface area contributed by atoms with Crippen molar-refractivity contribution in [2.75, 3.05) is 0 Å². The van der Waals surface area contributed by atoms with Crippen molar-refractivity contribution in [1.29, 1.82) is 0 Å². The fourth-order valence-corrected chi connectivity index (χ4v) is 2.86. The molecule has 1 unspecified atom stereocenters. The zero-order valence-corrected chi connectivity index (χ0v) is 11.1. The summed E-state index contributed by atoms with van der Waals surface area (Å²) < 4.78 is 2.24. The van der Waals surface area contributed by atoms with E-state index in [4.69, 9.17) is 0 Å². The summed E-state index contributed by atoms with van der Waals surface area (Å²) >= 11 is 3.43. The van der Waals surface area contributed by atoms with Crippen molar-refractivity contribution in [1.82, 2.24) is 9.55 Å². The van der Waals surface area contributed by atoms with Gasteiger partial charge in [-0.05, 0) is 24.2 Å². The maximum absolute atomic E-state index is 4.34. The molecule has 0 N–H and O–H groups in total. The summed E-state index contributed by atoms with van der Waals surface area (Å²) in [5.74, 6) is 0.815. The van der Waals surface area contributed by atoms with Crippen LogP contribution in [0.25, 0.3) is 0 Å². The van der Waals surface area contributed by atoms with Gasteiger partial charge < -0.3 is 4.57 Å². The highest BCUT2D eigenvalue weighted by Crippen LogP contribution is 2.43. The average molecular weight is 271 g/mol. The van der Waals surface area contributed by atoms with Crippen molar-refractivity contribution < 1.29 is 0 Å². The largest absolute Gasteiger partial charge is 0.337 e. The highest BCUT2D eigenvalue weighted by Gasteiger charge is 2.34. The number of imidazole rings is 1. The number of aromatic nitrogens is 2. The number of hydrogen-bond donors (Lipinski definition) is 0. The quantitative estimate of drug-likeness (QED) is 0.768. The first-order chi connectivity index (χ1) is 7.12. The van der Waals surface area contributed by atoms with Gasteiger partial charge in [-0.2, -0.15) is 0 Å². The summed E-state index contributed by atoms with van der Waals surface area (Å²) in [6.45, 7) is 5.92. The van der Waals surface area contributed by atoms with Crippen LogP contribution in [0.2, 0.25) is 0 Å². The molecule has 0 saturated heterocycles. The van der Waals surface area contributed by atoms with Gasteiger partial charge in [0.15, 0.2) is 0 Å². The second-order valence-corrected chi connectivity index (χ2v) is 5.83. The van der Waals surface area contributed by atoms with E-state index in [0.29, 0.717) is 5.41 Å². The maximum Gasteiger partial charge on any atom is 0.0949 e. The van der Waals surface area contributed by atoms with Crippen LogP contribution in [-0.2, 0) is 11.9 Å². The first kappa shape index (κ1) is 11.2. The molecule has 1 aromatic heterocycles. The molecule has 1 fully saturated rings. The fraction of sp³-hybridized carbons (Fsp3) is 0.750. The van der Waals surface area contributed by atoms with E-state index in [0.717, 1.165) is 23.5 Å². The molecule has 0 radical (unpaired) electrons. The van der Waals surface area contributed by atoms with Crippen LogP contribution in [0.15, 0.2) is 12.5 Å². The van der Waals surface area contributed by atoms with E-state index in [-0.39, 0.29) is 0 Å². The van der Waals surface area contributed by atoms with Gasteiger partial charge in [-0.3, -0.25) is 0 Å². The van der Waals surface area contributed by atoms with Gasteiger partial charge in [0, 0.05) is 18.1 Å². The Kier molecular flexibility index (Phi) is 3.19. The zero-order valence-electron chi connectivity index (χ0n) is 9.54. The fourth-order valence-electron chi connectivity index (χ4n) is 2.57. The van der Waals surface area contributed by atoms with Crippen molar-refractivity contribution in [3.8, 4) is 0 Å². The minimum atomic E-state index is 0.513. The number of hydrogen-bond acceptors (Lipinski definition) is 1. The smallest absolute Gasteiger partial charge is 0.0949 e. The van der Waals surface area contributed by atoms with Gasteiger partial charge in [-0.15, -0.1) is 0 Å². The molecule has 1 atom stereocenters. The van der Waals surface area contributed by atoms with Gasteiger partial charge in [0.2, 0.25) is 0 Å². The number of alkyl halides is 1. The SMILES string of the molecule is CC1(C)CCCC1Cn1cnc(CBr)c1. The summed E-state index contributed by atoms with van der Waals surface area (Å²) in [6.07, 6.45) is 8.25. The van der Waals surface area contributed by atoms with E-state index in [1.165, 1.54) is 19.3 Å². The molecule has 2 nitrogen and oxygen atoms in total. The lowest BCUT2D eigenvalue weighted by molar-refractivity contribution is 0.232. The van der Waals surface area contributed by atoms with E-state index >= 15 is 0 Å². The molecule has 1 aromatic rings. The Hall–Kier alpha value is -0.310. The Morgan fingerprint density at radius 2 is 2.40 bits per heavy atom. The van der Waals surface area contributed by atoms with Crippen LogP contribution in [0.3, 0.4) is 0 Å². The Bertz CT molecular complexity index is 330. The van der Waals surface area contributed by atoms with Crippen LogP contribution in [0.4, 0.5) is 0 Å². The molecule has 0 aliphatic heterocycles. The van der Waals surface area contributed by atoms with Crippen molar-refractivity contribution in [3.63, 3.8) is 0 Å². The maximum atomic E-state index is 4.34. The number of nitrogens with zero attached hydrogens (tertiary/aromatic N) is 2. The Morgan fingerprint density at radius 1 is 1.60 bits per heavy atom. The summed E-state index contributed by atoms with van der Waals surface area (Å²) in [5, 5.41) is 0.855. The Balaban J connectivity index is 2.02. The molecule has 3 heteroatoms. The molecule has 0 amide bonds. The van der Waals surface area contributed by atoms with E-state index in [1.807, 2.05) is 6.33 Å². The third-order valence-electron chi connectivity index (χ3n) is 3.73. The molecule has 0 aromatic carbocycles. The molecular formula is C12H19BrN2. The predicted octanol–water partition coefficient (Wildman–Crippen LogP) is 3.60. The van der Waals surface area contributed by atoms with Gasteiger partial charge in [-0.1, -0.05) is 36.2 Å². The Morgan fingerprint density at radius 3 is 2.93 bits per heavy atom. The van der Waals surface area contributed by atoms with Gasteiger partial charge in [0.05, 0.1) is 12.0 Å². The normalized spacial score (nSPS) is 24.6. The lowest BCUT2D eigenvalue weighted by atomic mass is 9.82. The van der Waals surface area contributed by atoms with E-state index < -0.39 is 0 Å². The molecule has 15 heavy (non-hydrogen) atoms. The zero-order chi connectivity index (χ0) is 10.9. The average Bonchev–Trinajstić information content (AvgIpc) is 2.75. The molecule has 84 valence electrons. The summed E-state index contributed by atoms with van der Waals surface area (Å²) in [5.41, 5.74) is 1.64. The van der Waals surface area contributed by atoms with E-state index in [9.17, 15) is 0 Å². The van der Waals surface area contributed by atoms with Crippen molar-refractivity contribution in [2.24, 2.45) is 11.3 Å². The second kappa shape index (κ2) is 4.28.